The highest BCUT2D eigenvalue weighted by atomic mass is 32.2. The van der Waals surface area contributed by atoms with E-state index in [4.69, 9.17) is 0 Å². The molecule has 1 atom stereocenters. The number of pyridine rings is 2. The molecule has 3 heterocycles. The van der Waals surface area contributed by atoms with E-state index >= 15 is 0 Å². The zero-order chi connectivity index (χ0) is 15.9. The first-order chi connectivity index (χ1) is 10.3. The van der Waals surface area contributed by atoms with Crippen LogP contribution in [-0.4, -0.2) is 19.3 Å². The van der Waals surface area contributed by atoms with Gasteiger partial charge in [-0.25, -0.2) is 9.50 Å². The molecule has 0 bridgehead atoms. The molecule has 0 radical (unpaired) electrons. The normalized spacial score (nSPS) is 12.0. The molecule has 0 saturated carbocycles. The highest BCUT2D eigenvalue weighted by Crippen LogP contribution is 2.34. The molecule has 6 heteroatoms. The van der Waals surface area contributed by atoms with Crippen LogP contribution in [0.15, 0.2) is 41.6 Å². The second kappa shape index (κ2) is 5.64. The fraction of sp³-hybridized carbons (Fsp3) is 0.250. The predicted octanol–water partition coefficient (Wildman–Crippen LogP) is 3.93. The van der Waals surface area contributed by atoms with Gasteiger partial charge in [-0.2, -0.15) is 9.49 Å². The molecular formula is C16H17FN3PS. The molecule has 0 fully saturated rings. The monoisotopic (exact) mass is 333 g/mol. The lowest BCUT2D eigenvalue weighted by molar-refractivity contribution is 0.588. The van der Waals surface area contributed by atoms with Crippen LogP contribution in [0.25, 0.3) is 16.6 Å². The number of halogens is 1. The zero-order valence-electron chi connectivity index (χ0n) is 12.7. The minimum atomic E-state index is -0.484. The van der Waals surface area contributed by atoms with Crippen molar-refractivity contribution in [2.75, 3.05) is 0 Å². The van der Waals surface area contributed by atoms with Crippen molar-refractivity contribution in [3.05, 3.63) is 42.6 Å². The molecule has 0 amide bonds. The van der Waals surface area contributed by atoms with Crippen molar-refractivity contribution in [2.24, 2.45) is 0 Å². The van der Waals surface area contributed by atoms with Gasteiger partial charge in [-0.15, -0.1) is 11.8 Å². The van der Waals surface area contributed by atoms with Gasteiger partial charge in [0.05, 0.1) is 17.1 Å². The molecule has 3 aromatic heterocycles. The van der Waals surface area contributed by atoms with E-state index < -0.39 is 5.95 Å². The second-order valence-electron chi connectivity index (χ2n) is 6.07. The molecule has 3 rings (SSSR count). The van der Waals surface area contributed by atoms with Crippen LogP contribution in [0, 0.1) is 5.95 Å². The van der Waals surface area contributed by atoms with Crippen LogP contribution in [0.4, 0.5) is 4.39 Å². The summed E-state index contributed by atoms with van der Waals surface area (Å²) >= 11 is 1.80. The highest BCUT2D eigenvalue weighted by molar-refractivity contribution is 8.00. The van der Waals surface area contributed by atoms with Gasteiger partial charge >= 0.3 is 0 Å². The topological polar surface area (TPSA) is 30.2 Å². The Labute approximate surface area is 135 Å². The summed E-state index contributed by atoms with van der Waals surface area (Å²) in [4.78, 5) is 4.92. The Morgan fingerprint density at radius 2 is 2.00 bits per heavy atom. The lowest BCUT2D eigenvalue weighted by Gasteiger charge is -2.17. The first-order valence-corrected chi connectivity index (χ1v) is 8.31. The quantitative estimate of drug-likeness (QED) is 0.404. The van der Waals surface area contributed by atoms with Gasteiger partial charge < -0.3 is 0 Å². The van der Waals surface area contributed by atoms with E-state index in [0.717, 1.165) is 16.6 Å². The summed E-state index contributed by atoms with van der Waals surface area (Å²) in [5.41, 5.74) is 3.23. The number of nitrogens with zero attached hydrogens (tertiary/aromatic N) is 3. The molecule has 0 aliphatic heterocycles. The number of thioether (sulfide) groups is 1. The third-order valence-corrected chi connectivity index (χ3v) is 4.44. The van der Waals surface area contributed by atoms with Crippen LogP contribution in [0.1, 0.15) is 20.8 Å². The van der Waals surface area contributed by atoms with E-state index in [1.165, 1.54) is 11.0 Å². The number of fused-ring (bicyclic) bond motifs is 1. The predicted molar refractivity (Wildman–Crippen MR) is 93.3 cm³/mol. The van der Waals surface area contributed by atoms with Gasteiger partial charge in [-0.1, -0.05) is 30.0 Å². The number of rotatable bonds is 2. The van der Waals surface area contributed by atoms with Crippen LogP contribution in [-0.2, 0) is 0 Å². The minimum absolute atomic E-state index is 0.133. The van der Waals surface area contributed by atoms with Crippen molar-refractivity contribution in [3.8, 4) is 11.1 Å². The first-order valence-electron chi connectivity index (χ1n) is 6.92. The van der Waals surface area contributed by atoms with E-state index in [-0.39, 0.29) is 4.75 Å². The van der Waals surface area contributed by atoms with Crippen LogP contribution in [0.5, 0.6) is 0 Å². The van der Waals surface area contributed by atoms with Crippen LogP contribution < -0.4 is 5.44 Å². The lowest BCUT2D eigenvalue weighted by atomic mass is 10.1. The van der Waals surface area contributed by atoms with Crippen molar-refractivity contribution in [3.63, 3.8) is 0 Å². The molecular weight excluding hydrogens is 316 g/mol. The Kier molecular flexibility index (Phi) is 3.96. The van der Waals surface area contributed by atoms with Gasteiger partial charge in [0.2, 0.25) is 5.95 Å². The maximum atomic E-state index is 13.6. The van der Waals surface area contributed by atoms with Crippen molar-refractivity contribution < 1.29 is 4.39 Å². The van der Waals surface area contributed by atoms with Gasteiger partial charge in [0.1, 0.15) is 0 Å². The standard InChI is InChI=1S/C16H17FN3PS/c1-16(2,3)22-11-4-5-20-13(8-11)12(9-18-20)10-6-14(17)19-15(21)7-10/h4-9H,21H2,1-3H3. The van der Waals surface area contributed by atoms with Crippen molar-refractivity contribution in [2.45, 2.75) is 30.4 Å². The maximum Gasteiger partial charge on any atom is 0.214 e. The Morgan fingerprint density at radius 3 is 2.68 bits per heavy atom. The summed E-state index contributed by atoms with van der Waals surface area (Å²) in [6, 6.07) is 7.43. The van der Waals surface area contributed by atoms with Gasteiger partial charge in [-0.3, -0.25) is 0 Å². The second-order valence-corrected chi connectivity index (χ2v) is 8.56. The summed E-state index contributed by atoms with van der Waals surface area (Å²) in [6.45, 7) is 6.54. The van der Waals surface area contributed by atoms with E-state index in [1.54, 1.807) is 18.0 Å². The Morgan fingerprint density at radius 1 is 1.23 bits per heavy atom. The number of hydrogen-bond donors (Lipinski definition) is 0. The SMILES string of the molecule is CC(C)(C)Sc1ccn2ncc(-c3cc(F)nc(P)c3)c2c1. The molecule has 0 N–H and O–H groups in total. The van der Waals surface area contributed by atoms with E-state index in [9.17, 15) is 4.39 Å². The van der Waals surface area contributed by atoms with Crippen LogP contribution in [0.2, 0.25) is 0 Å². The fourth-order valence-electron chi connectivity index (χ4n) is 2.27. The summed E-state index contributed by atoms with van der Waals surface area (Å²) in [5.74, 6) is -0.484. The molecule has 22 heavy (non-hydrogen) atoms. The van der Waals surface area contributed by atoms with Crippen molar-refractivity contribution in [1.82, 2.24) is 14.6 Å². The smallest absolute Gasteiger partial charge is 0.214 e. The van der Waals surface area contributed by atoms with Crippen molar-refractivity contribution in [1.29, 1.82) is 0 Å². The average molecular weight is 333 g/mol. The molecule has 0 aliphatic rings. The average Bonchev–Trinajstić information content (AvgIpc) is 2.78. The zero-order valence-corrected chi connectivity index (χ0v) is 14.6. The maximum absolute atomic E-state index is 13.6. The number of hydrogen-bond acceptors (Lipinski definition) is 3. The summed E-state index contributed by atoms with van der Waals surface area (Å²) in [5, 5.41) is 4.35. The minimum Gasteiger partial charge on any atom is -0.240 e. The van der Waals surface area contributed by atoms with Gasteiger partial charge in [-0.05, 0) is 23.8 Å². The molecule has 1 unspecified atom stereocenters. The molecule has 0 saturated heterocycles. The van der Waals surface area contributed by atoms with E-state index in [1.807, 2.05) is 22.8 Å². The third-order valence-electron chi connectivity index (χ3n) is 3.04. The Bertz CT molecular complexity index is 819. The fourth-order valence-corrected chi connectivity index (χ4v) is 3.58. The Hall–Kier alpha value is -1.45. The lowest BCUT2D eigenvalue weighted by Crippen LogP contribution is -2.06. The largest absolute Gasteiger partial charge is 0.240 e. The van der Waals surface area contributed by atoms with Crippen LogP contribution >= 0.6 is 21.0 Å². The molecule has 114 valence electrons. The number of aromatic nitrogens is 3. The van der Waals surface area contributed by atoms with Gasteiger partial charge in [0.15, 0.2) is 0 Å². The Balaban J connectivity index is 2.12. The first kappa shape index (κ1) is 15.4. The molecule has 3 aromatic rings. The van der Waals surface area contributed by atoms with Crippen LogP contribution in [0.3, 0.4) is 0 Å². The third kappa shape index (κ3) is 3.31. The van der Waals surface area contributed by atoms with E-state index in [0.29, 0.717) is 5.44 Å². The van der Waals surface area contributed by atoms with Gasteiger partial charge in [0, 0.05) is 27.5 Å². The summed E-state index contributed by atoms with van der Waals surface area (Å²) in [7, 11) is 2.43. The molecule has 0 spiro atoms. The molecule has 0 aromatic carbocycles. The summed E-state index contributed by atoms with van der Waals surface area (Å²) < 4.78 is 15.5. The van der Waals surface area contributed by atoms with Crippen molar-refractivity contribution >= 4 is 32.0 Å². The van der Waals surface area contributed by atoms with Gasteiger partial charge in [0.25, 0.3) is 0 Å². The molecule has 3 nitrogen and oxygen atoms in total. The molecule has 0 aliphatic carbocycles. The van der Waals surface area contributed by atoms with E-state index in [2.05, 4.69) is 46.2 Å². The highest BCUT2D eigenvalue weighted by Gasteiger charge is 2.14. The summed E-state index contributed by atoms with van der Waals surface area (Å²) in [6.07, 6.45) is 3.70.